The van der Waals surface area contributed by atoms with E-state index in [4.69, 9.17) is 0 Å². The molecule has 2 rings (SSSR count). The number of benzene rings is 2. The fourth-order valence-corrected chi connectivity index (χ4v) is 4.16. The molecule has 2 aromatic rings. The van der Waals surface area contributed by atoms with E-state index in [2.05, 4.69) is 47.4 Å². The first-order valence-electron chi connectivity index (χ1n) is 8.17. The summed E-state index contributed by atoms with van der Waals surface area (Å²) in [7, 11) is 7.86. The van der Waals surface area contributed by atoms with Gasteiger partial charge in [-0.3, -0.25) is 0 Å². The Bertz CT molecular complexity index is 597. The Morgan fingerprint density at radius 1 is 0.750 bits per heavy atom. The molecule has 130 valence electrons. The highest BCUT2D eigenvalue weighted by molar-refractivity contribution is 7.56. The second-order valence-corrected chi connectivity index (χ2v) is 9.46. The van der Waals surface area contributed by atoms with Crippen LogP contribution in [0.25, 0.3) is 0 Å². The lowest BCUT2D eigenvalue weighted by Crippen LogP contribution is -2.31. The van der Waals surface area contributed by atoms with Crippen LogP contribution in [0.15, 0.2) is 48.5 Å². The quantitative estimate of drug-likeness (QED) is 0.808. The van der Waals surface area contributed by atoms with Gasteiger partial charge >= 0.3 is 0 Å². The lowest BCUT2D eigenvalue weighted by Gasteiger charge is -2.32. The van der Waals surface area contributed by atoms with Crippen LogP contribution in [0.3, 0.4) is 0 Å². The van der Waals surface area contributed by atoms with Crippen molar-refractivity contribution in [3.8, 4) is 0 Å². The summed E-state index contributed by atoms with van der Waals surface area (Å²) in [5, 5.41) is 11.6. The van der Waals surface area contributed by atoms with Gasteiger partial charge in [-0.1, -0.05) is 24.3 Å². The summed E-state index contributed by atoms with van der Waals surface area (Å²) in [4.78, 5) is 4.14. The Balaban J connectivity index is 2.45. The van der Waals surface area contributed by atoms with Crippen molar-refractivity contribution < 1.29 is 5.11 Å². The molecule has 0 aliphatic carbocycles. The van der Waals surface area contributed by atoms with Crippen LogP contribution in [0.4, 0.5) is 11.4 Å². The van der Waals surface area contributed by atoms with E-state index in [1.807, 2.05) is 52.5 Å². The highest BCUT2D eigenvalue weighted by Gasteiger charge is 2.32. The van der Waals surface area contributed by atoms with Gasteiger partial charge in [-0.15, -0.1) is 7.92 Å². The molecule has 0 bridgehead atoms. The van der Waals surface area contributed by atoms with Gasteiger partial charge < -0.3 is 14.9 Å². The molecule has 0 saturated heterocycles. The van der Waals surface area contributed by atoms with Crippen LogP contribution in [0.5, 0.6) is 0 Å². The Hall–Kier alpha value is -1.57. The molecular formula is C20H29N2OP. The molecule has 4 heteroatoms. The van der Waals surface area contributed by atoms with Gasteiger partial charge in [0.2, 0.25) is 0 Å². The minimum Gasteiger partial charge on any atom is -0.380 e. The zero-order chi connectivity index (χ0) is 17.9. The Kier molecular flexibility index (Phi) is 5.90. The molecule has 0 aliphatic heterocycles. The van der Waals surface area contributed by atoms with Gasteiger partial charge in [-0.05, 0) is 48.7 Å². The Labute approximate surface area is 147 Å². The largest absolute Gasteiger partial charge is 0.380 e. The molecule has 0 aliphatic rings. The minimum atomic E-state index is -0.940. The van der Waals surface area contributed by atoms with E-state index < -0.39 is 5.60 Å². The van der Waals surface area contributed by atoms with Crippen LogP contribution >= 0.6 is 7.92 Å². The molecule has 3 nitrogen and oxygen atoms in total. The van der Waals surface area contributed by atoms with Gasteiger partial charge in [-0.25, -0.2) is 0 Å². The van der Waals surface area contributed by atoms with Crippen LogP contribution in [0.2, 0.25) is 0 Å². The second-order valence-electron chi connectivity index (χ2n) is 6.98. The van der Waals surface area contributed by atoms with Gasteiger partial charge in [0.25, 0.3) is 0 Å². The number of nitrogens with zero attached hydrogens (tertiary/aromatic N) is 2. The molecule has 0 heterocycles. The van der Waals surface area contributed by atoms with Gasteiger partial charge in [0.1, 0.15) is 5.60 Å². The third-order valence-corrected chi connectivity index (χ3v) is 5.36. The summed E-state index contributed by atoms with van der Waals surface area (Å²) >= 11 is 0. The van der Waals surface area contributed by atoms with E-state index in [-0.39, 0.29) is 7.92 Å². The monoisotopic (exact) mass is 344 g/mol. The fourth-order valence-electron chi connectivity index (χ4n) is 2.88. The van der Waals surface area contributed by atoms with Crippen LogP contribution < -0.4 is 9.80 Å². The summed E-state index contributed by atoms with van der Waals surface area (Å²) in [6.45, 7) is 4.42. The van der Waals surface area contributed by atoms with Crippen LogP contribution in [-0.2, 0) is 5.60 Å². The highest BCUT2D eigenvalue weighted by Crippen LogP contribution is 2.41. The summed E-state index contributed by atoms with van der Waals surface area (Å²) in [6.07, 6.45) is 0.755. The van der Waals surface area contributed by atoms with Crippen LogP contribution in [0.1, 0.15) is 11.1 Å². The lowest BCUT2D eigenvalue weighted by atomic mass is 9.87. The van der Waals surface area contributed by atoms with Crippen molar-refractivity contribution in [2.75, 3.05) is 57.5 Å². The van der Waals surface area contributed by atoms with Gasteiger partial charge in [0.15, 0.2) is 0 Å². The normalized spacial score (nSPS) is 11.7. The molecular weight excluding hydrogens is 315 g/mol. The maximum Gasteiger partial charge on any atom is 0.118 e. The molecule has 0 amide bonds. The number of anilines is 2. The first kappa shape index (κ1) is 18.8. The maximum atomic E-state index is 11.6. The summed E-state index contributed by atoms with van der Waals surface area (Å²) in [5.74, 6) is 0. The number of hydrogen-bond acceptors (Lipinski definition) is 3. The van der Waals surface area contributed by atoms with Crippen molar-refractivity contribution in [2.24, 2.45) is 0 Å². The first-order chi connectivity index (χ1) is 11.2. The van der Waals surface area contributed by atoms with Crippen LogP contribution in [0, 0.1) is 0 Å². The Morgan fingerprint density at radius 3 is 1.33 bits per heavy atom. The van der Waals surface area contributed by atoms with Crippen molar-refractivity contribution in [1.29, 1.82) is 0 Å². The van der Waals surface area contributed by atoms with Crippen molar-refractivity contribution >= 4 is 19.3 Å². The third kappa shape index (κ3) is 4.09. The molecule has 0 radical (unpaired) electrons. The fraction of sp³-hybridized carbons (Fsp3) is 0.400. The first-order valence-corrected chi connectivity index (χ1v) is 10.6. The molecule has 0 atom stereocenters. The number of hydrogen-bond donors (Lipinski definition) is 1. The topological polar surface area (TPSA) is 26.7 Å². The van der Waals surface area contributed by atoms with Crippen molar-refractivity contribution in [1.82, 2.24) is 0 Å². The Morgan fingerprint density at radius 2 is 1.08 bits per heavy atom. The molecule has 1 N–H and O–H groups in total. The average Bonchev–Trinajstić information content (AvgIpc) is 2.54. The maximum absolute atomic E-state index is 11.6. The smallest absolute Gasteiger partial charge is 0.118 e. The van der Waals surface area contributed by atoms with E-state index in [9.17, 15) is 5.11 Å². The molecule has 0 spiro atoms. The SMILES string of the molecule is CN(C)c1ccc(C(O)(CP(C)C)c2ccc(N(C)C)cc2)cc1. The summed E-state index contributed by atoms with van der Waals surface area (Å²) < 4.78 is 0. The standard InChI is InChI=1S/C20H29N2OP/c1-21(2)18-11-7-16(8-12-18)20(23,15-24(5)6)17-9-13-19(14-10-17)22(3)4/h7-14,23H,15H2,1-6H3. The zero-order valence-corrected chi connectivity index (χ0v) is 16.5. The predicted octanol–water partition coefficient (Wildman–Crippen LogP) is 3.80. The molecule has 24 heavy (non-hydrogen) atoms. The molecule has 0 fully saturated rings. The third-order valence-electron chi connectivity index (χ3n) is 4.27. The van der Waals surface area contributed by atoms with E-state index in [0.29, 0.717) is 0 Å². The predicted molar refractivity (Wildman–Crippen MR) is 108 cm³/mol. The molecule has 0 saturated carbocycles. The molecule has 0 unspecified atom stereocenters. The molecule has 0 aromatic heterocycles. The number of aliphatic hydroxyl groups is 1. The average molecular weight is 344 g/mol. The van der Waals surface area contributed by atoms with E-state index >= 15 is 0 Å². The number of rotatable bonds is 6. The lowest BCUT2D eigenvalue weighted by molar-refractivity contribution is 0.106. The van der Waals surface area contributed by atoms with E-state index in [0.717, 1.165) is 28.7 Å². The minimum absolute atomic E-state index is 0.247. The van der Waals surface area contributed by atoms with Crippen molar-refractivity contribution in [3.63, 3.8) is 0 Å². The van der Waals surface area contributed by atoms with Gasteiger partial charge in [0.05, 0.1) is 0 Å². The zero-order valence-electron chi connectivity index (χ0n) is 15.6. The highest BCUT2D eigenvalue weighted by atomic mass is 31.1. The van der Waals surface area contributed by atoms with Crippen molar-refractivity contribution in [3.05, 3.63) is 59.7 Å². The van der Waals surface area contributed by atoms with E-state index in [1.54, 1.807) is 0 Å². The van der Waals surface area contributed by atoms with E-state index in [1.165, 1.54) is 0 Å². The van der Waals surface area contributed by atoms with Gasteiger partial charge in [0, 0.05) is 45.7 Å². The van der Waals surface area contributed by atoms with Crippen molar-refractivity contribution in [2.45, 2.75) is 5.60 Å². The van der Waals surface area contributed by atoms with Crippen LogP contribution in [-0.4, -0.2) is 52.8 Å². The summed E-state index contributed by atoms with van der Waals surface area (Å²) in [6, 6.07) is 16.5. The van der Waals surface area contributed by atoms with Gasteiger partial charge in [-0.2, -0.15) is 0 Å². The second kappa shape index (κ2) is 7.55. The molecule has 2 aromatic carbocycles. The summed E-state index contributed by atoms with van der Waals surface area (Å²) in [5.41, 5.74) is 3.26.